The van der Waals surface area contributed by atoms with Gasteiger partial charge in [0.2, 0.25) is 0 Å². The maximum absolute atomic E-state index is 18.4. The minimum absolute atomic E-state index is 0.0987. The summed E-state index contributed by atoms with van der Waals surface area (Å²) in [6.45, 7) is 7.52. The van der Waals surface area contributed by atoms with Gasteiger partial charge in [0.25, 0.3) is 0 Å². The number of hydrogen-bond donors (Lipinski definition) is 2. The molecular formula is C86H74F12N5O27S3+. The maximum Gasteiger partial charge on any atom is 0.303 e. The van der Waals surface area contributed by atoms with Gasteiger partial charge in [-0.1, -0.05) is 35.3 Å². The average Bonchev–Trinajstić information content (AvgIpc) is 1.54. The number of nitrogens with one attached hydrogen (secondary N) is 2. The monoisotopic (exact) mass is 1930 g/mol. The molecule has 0 unspecified atom stereocenters. The van der Waals surface area contributed by atoms with E-state index in [0.29, 0.717) is 0 Å². The van der Waals surface area contributed by atoms with Crippen LogP contribution >= 0.6 is 35.3 Å². The zero-order valence-corrected chi connectivity index (χ0v) is 73.8. The summed E-state index contributed by atoms with van der Waals surface area (Å²) in [4.78, 5) is 161. The zero-order valence-electron chi connectivity index (χ0n) is 71.3. The lowest BCUT2D eigenvalue weighted by molar-refractivity contribution is -0.671. The molecule has 9 heterocycles. The molecule has 0 radical (unpaired) electrons. The van der Waals surface area contributed by atoms with E-state index in [9.17, 15) is 57.5 Å². The predicted molar refractivity (Wildman–Crippen MR) is 435 cm³/mol. The molecule has 3 saturated heterocycles. The van der Waals surface area contributed by atoms with E-state index in [-0.39, 0.29) is 57.6 Å². The van der Waals surface area contributed by atoms with Crippen LogP contribution in [0.25, 0.3) is 90.9 Å². The van der Waals surface area contributed by atoms with E-state index >= 15 is 52.7 Å². The van der Waals surface area contributed by atoms with Crippen LogP contribution in [0.15, 0.2) is 63.5 Å². The molecule has 4 aromatic heterocycles. The van der Waals surface area contributed by atoms with Crippen molar-refractivity contribution in [3.05, 3.63) is 141 Å². The molecule has 706 valence electrons. The van der Waals surface area contributed by atoms with Gasteiger partial charge in [-0.25, -0.2) is 67.2 Å². The fourth-order valence-corrected chi connectivity index (χ4v) is 18.5. The number of fused-ring (bicyclic) bond motifs is 8. The number of rotatable bonds is 25. The minimum Gasteiger partial charge on any atom is -0.463 e. The highest BCUT2D eigenvalue weighted by Crippen LogP contribution is 2.51. The Hall–Kier alpha value is -12.9. The van der Waals surface area contributed by atoms with Crippen LogP contribution in [-0.4, -0.2) is 201 Å². The number of aromatic nitrogens is 5. The lowest BCUT2D eigenvalue weighted by atomic mass is 9.99. The number of hydrogen-bond acceptors (Lipinski definition) is 32. The fourth-order valence-electron chi connectivity index (χ4n) is 15.0. The topological polar surface area (TPSA) is 405 Å². The predicted octanol–water partition coefficient (Wildman–Crippen LogP) is 12.3. The van der Waals surface area contributed by atoms with Crippen LogP contribution in [0.1, 0.15) is 106 Å². The molecule has 15 atom stereocenters. The van der Waals surface area contributed by atoms with Gasteiger partial charge in [0, 0.05) is 140 Å². The molecule has 0 aliphatic carbocycles. The smallest absolute Gasteiger partial charge is 0.303 e. The molecule has 3 fully saturated rings. The Bertz CT molecular complexity index is 5950. The van der Waals surface area contributed by atoms with Gasteiger partial charge in [-0.15, -0.1) is 0 Å². The van der Waals surface area contributed by atoms with Crippen molar-refractivity contribution >= 4 is 153 Å². The van der Waals surface area contributed by atoms with Crippen molar-refractivity contribution < 1.29 is 186 Å². The number of pyridine rings is 1. The number of aromatic amines is 2. The standard InChI is InChI=1S/C86H73F12N5O27S3/c1-29(104)116-26-50-72(119-32(4)107)75(122-35(7)110)78(125-38(10)113)84(128-50)131-81-66(93)60(87)57(61(88)67(81)94)54-44-16-14-42(99-44)53(41-22-24-103(13)25-23-41)43-15-17-45(100-43)55(58-62(89)68(95)82(69(96)63(58)90)132-85-79(126-39(11)114)76(123-36(8)111)73(120-33(5)108)51(129-85)27-117-30(2)105)47-19-21-49(102-47)56(48-20-18-46(54)101-48)59-64(91)70(97)83(71(98)65(59)92)133-86-80(127-40(12)115)77(124-37(9)112)74(121-34(6)109)52(130-86)28-118-31(3)106/h14-25,50-52,72-80,84-86H,26-28H2,1-13H3,(H,99,100,101,102)/p+1/t50-,51-,52-,72-,73-,74-,75+,76+,77+,78-,79-,80-,84+,85+,86+/m1/s1. The molecule has 47 heteroatoms. The Morgan fingerprint density at radius 1 is 0.293 bits per heavy atom. The first-order valence-electron chi connectivity index (χ1n) is 39.4. The highest BCUT2D eigenvalue weighted by molar-refractivity contribution is 8.00. The van der Waals surface area contributed by atoms with Crippen LogP contribution in [0.2, 0.25) is 0 Å². The molecular weight excluding hydrogens is 1860 g/mol. The molecule has 0 saturated carbocycles. The summed E-state index contributed by atoms with van der Waals surface area (Å²) in [6.07, 6.45) is -17.0. The summed E-state index contributed by atoms with van der Waals surface area (Å²) < 4.78 is 301. The van der Waals surface area contributed by atoms with Gasteiger partial charge < -0.3 is 81.0 Å². The Kier molecular flexibility index (Phi) is 30.6. The second-order valence-corrected chi connectivity index (χ2v) is 33.0. The number of carbonyl (C=O) groups is 12. The van der Waals surface area contributed by atoms with Crippen molar-refractivity contribution in [3.8, 4) is 44.5 Å². The summed E-state index contributed by atoms with van der Waals surface area (Å²) >= 11 is -0.810. The molecule has 133 heavy (non-hydrogen) atoms. The van der Waals surface area contributed by atoms with Crippen molar-refractivity contribution in [2.45, 2.75) is 187 Å². The van der Waals surface area contributed by atoms with Crippen molar-refractivity contribution in [1.29, 1.82) is 0 Å². The Morgan fingerprint density at radius 2 is 0.504 bits per heavy atom. The maximum atomic E-state index is 18.4. The number of H-pyrrole nitrogens is 2. The second kappa shape index (κ2) is 41.1. The Morgan fingerprint density at radius 3 is 0.729 bits per heavy atom. The molecule has 5 aliphatic heterocycles. The van der Waals surface area contributed by atoms with Crippen LogP contribution in [0.4, 0.5) is 52.7 Å². The number of halogens is 12. The highest BCUT2D eigenvalue weighted by atomic mass is 32.2. The molecule has 8 bridgehead atoms. The van der Waals surface area contributed by atoms with Crippen LogP contribution in [-0.2, 0) is 136 Å². The van der Waals surface area contributed by atoms with Gasteiger partial charge in [-0.2, -0.15) is 0 Å². The molecule has 0 spiro atoms. The molecule has 2 N–H and O–H groups in total. The first-order valence-corrected chi connectivity index (χ1v) is 42.0. The molecule has 7 aromatic rings. The van der Waals surface area contributed by atoms with E-state index < -0.39 is 333 Å². The third kappa shape index (κ3) is 21.4. The lowest BCUT2D eigenvalue weighted by Crippen LogP contribution is -2.61. The van der Waals surface area contributed by atoms with Gasteiger partial charge in [-0.3, -0.25) is 57.5 Å². The summed E-state index contributed by atoms with van der Waals surface area (Å²) in [5.74, 6) is -41.8. The van der Waals surface area contributed by atoms with Gasteiger partial charge in [0.1, 0.15) is 61.5 Å². The molecule has 32 nitrogen and oxygen atoms in total. The number of carbonyl (C=O) groups excluding carboxylic acids is 12. The van der Waals surface area contributed by atoms with E-state index in [4.69, 9.17) is 76.0 Å². The largest absolute Gasteiger partial charge is 0.463 e. The Balaban J connectivity index is 1.15. The fraction of sp³-hybridized carbons (Fsp3) is 0.360. The zero-order chi connectivity index (χ0) is 97.2. The number of thioether (sulfide) groups is 3. The summed E-state index contributed by atoms with van der Waals surface area (Å²) in [5, 5.41) is 0. The third-order valence-corrected chi connectivity index (χ3v) is 23.6. The van der Waals surface area contributed by atoms with E-state index in [0.717, 1.165) is 126 Å². The number of benzene rings is 3. The third-order valence-electron chi connectivity index (χ3n) is 20.0. The van der Waals surface area contributed by atoms with Gasteiger partial charge in [0.15, 0.2) is 137 Å². The summed E-state index contributed by atoms with van der Waals surface area (Å²) in [5.41, 5.74) is -20.7. The van der Waals surface area contributed by atoms with E-state index in [1.807, 2.05) is 0 Å². The second-order valence-electron chi connectivity index (χ2n) is 29.7. The van der Waals surface area contributed by atoms with Crippen molar-refractivity contribution in [3.63, 3.8) is 0 Å². The van der Waals surface area contributed by atoms with Crippen molar-refractivity contribution in [2.24, 2.45) is 7.05 Å². The summed E-state index contributed by atoms with van der Waals surface area (Å²) in [6, 6.07) is 6.69. The molecule has 3 aromatic carbocycles. The molecule has 0 amide bonds. The van der Waals surface area contributed by atoms with Crippen molar-refractivity contribution in [2.75, 3.05) is 19.8 Å². The van der Waals surface area contributed by atoms with Gasteiger partial charge >= 0.3 is 71.6 Å². The van der Waals surface area contributed by atoms with Gasteiger partial charge in [0.05, 0.1) is 54.2 Å². The van der Waals surface area contributed by atoms with Gasteiger partial charge in [-0.05, 0) is 54.1 Å². The number of nitrogens with zero attached hydrogens (tertiary/aromatic N) is 3. The van der Waals surface area contributed by atoms with E-state index in [2.05, 4.69) is 15.0 Å². The van der Waals surface area contributed by atoms with Crippen LogP contribution in [0.3, 0.4) is 0 Å². The van der Waals surface area contributed by atoms with Crippen LogP contribution in [0, 0.1) is 69.8 Å². The normalized spacial score (nSPS) is 21.9. The Labute approximate surface area is 755 Å². The SMILES string of the molecule is CC(=O)OC[C@H]1O[C@@H](Sc2c(F)c(F)c(-c3c4nc(c(-c5c(F)c(F)c(S[C@@H]6O[C@H](COC(C)=O)[C@@H](OC(C)=O)[C@H](OC(C)=O)[C@H]6OC(C)=O)c(F)c5F)c5ccc([nH]5)c(-c5c(F)c(F)c(S[C@@H]6O[C@H](COC(C)=O)[C@@H](OC(C)=O)[C@H](OC(C)=O)[C@H]6OC(C)=O)c(F)c5F)c5nc(c(-c6cc[n+](C)cc6)c6ccc3[nH]6)C=C5)C=C4)c(F)c2F)[C@H](OC(C)=O)[C@@H](OC(C)=O)[C@@H]1OC(C)=O. The number of esters is 12. The molecule has 12 rings (SSSR count). The quantitative estimate of drug-likeness (QED) is 0.0176. The highest BCUT2D eigenvalue weighted by Gasteiger charge is 2.57. The first kappa shape index (κ1) is 99.2. The molecule has 5 aliphatic rings. The average molecular weight is 1930 g/mol. The first-order chi connectivity index (χ1) is 62.7. The van der Waals surface area contributed by atoms with E-state index in [1.165, 1.54) is 35.2 Å². The number of ether oxygens (including phenoxy) is 15. The van der Waals surface area contributed by atoms with E-state index in [1.54, 1.807) is 7.05 Å². The van der Waals surface area contributed by atoms with Crippen molar-refractivity contribution in [1.82, 2.24) is 19.9 Å². The van der Waals surface area contributed by atoms with Crippen LogP contribution < -0.4 is 4.57 Å². The minimum atomic E-state index is -2.46. The summed E-state index contributed by atoms with van der Waals surface area (Å²) in [7, 11) is 1.58. The number of aryl methyl sites for hydroxylation is 1. The lowest BCUT2D eigenvalue weighted by Gasteiger charge is -2.44. The van der Waals surface area contributed by atoms with Crippen LogP contribution in [0.5, 0.6) is 0 Å².